The lowest BCUT2D eigenvalue weighted by atomic mass is 10.1. The van der Waals surface area contributed by atoms with Gasteiger partial charge in [0, 0.05) is 12.5 Å². The minimum absolute atomic E-state index is 0.0446. The van der Waals surface area contributed by atoms with E-state index in [9.17, 15) is 0 Å². The van der Waals surface area contributed by atoms with E-state index in [2.05, 4.69) is 41.9 Å². The van der Waals surface area contributed by atoms with Crippen molar-refractivity contribution in [1.29, 1.82) is 0 Å². The van der Waals surface area contributed by atoms with Gasteiger partial charge in [-0.2, -0.15) is 4.98 Å². The van der Waals surface area contributed by atoms with Crippen LogP contribution in [0.1, 0.15) is 50.0 Å². The number of nitrogens with zero attached hydrogens (tertiary/aromatic N) is 3. The number of aromatic nitrogens is 2. The van der Waals surface area contributed by atoms with E-state index in [1.54, 1.807) is 0 Å². The van der Waals surface area contributed by atoms with Gasteiger partial charge in [-0.25, -0.2) is 0 Å². The molecule has 1 aromatic heterocycles. The fourth-order valence-corrected chi connectivity index (χ4v) is 2.45. The molecular formula is C17H23N3O3. The summed E-state index contributed by atoms with van der Waals surface area (Å²) in [5.41, 5.74) is 1.16. The Bertz CT molecular complexity index is 669. The number of fused-ring (bicyclic) bond motifs is 1. The van der Waals surface area contributed by atoms with Crippen molar-refractivity contribution < 1.29 is 14.0 Å². The Labute approximate surface area is 136 Å². The fourth-order valence-electron chi connectivity index (χ4n) is 2.45. The Morgan fingerprint density at radius 2 is 1.87 bits per heavy atom. The lowest BCUT2D eigenvalue weighted by molar-refractivity contribution is 0.170. The van der Waals surface area contributed by atoms with Gasteiger partial charge in [-0.15, -0.1) is 0 Å². The molecule has 1 aliphatic heterocycles. The predicted molar refractivity (Wildman–Crippen MR) is 85.7 cm³/mol. The van der Waals surface area contributed by atoms with Crippen LogP contribution in [-0.2, 0) is 6.54 Å². The van der Waals surface area contributed by atoms with Gasteiger partial charge in [-0.1, -0.05) is 25.1 Å². The lowest BCUT2D eigenvalue weighted by Crippen LogP contribution is -2.22. The number of hydrogen-bond donors (Lipinski definition) is 0. The summed E-state index contributed by atoms with van der Waals surface area (Å²) in [5.74, 6) is 3.29. The average Bonchev–Trinajstić information content (AvgIpc) is 3.04. The molecule has 0 aliphatic carbocycles. The van der Waals surface area contributed by atoms with Crippen LogP contribution in [0.5, 0.6) is 11.5 Å². The van der Waals surface area contributed by atoms with E-state index in [0.717, 1.165) is 29.4 Å². The Morgan fingerprint density at radius 3 is 2.57 bits per heavy atom. The molecule has 2 heterocycles. The molecule has 1 aliphatic rings. The van der Waals surface area contributed by atoms with Gasteiger partial charge < -0.3 is 14.0 Å². The third-order valence-corrected chi connectivity index (χ3v) is 4.03. The van der Waals surface area contributed by atoms with Crippen LogP contribution in [0.3, 0.4) is 0 Å². The molecule has 6 nitrogen and oxygen atoms in total. The molecular weight excluding hydrogens is 294 g/mol. The van der Waals surface area contributed by atoms with Gasteiger partial charge in [0.25, 0.3) is 0 Å². The van der Waals surface area contributed by atoms with E-state index < -0.39 is 0 Å². The standard InChI is InChI=1S/C17H23N3O3/c1-11(2)16-18-17(23-19-16)12(3)20(4)10-13-5-6-14-15(9-13)22-8-7-21-14/h5-6,9,11-12H,7-8,10H2,1-4H3/t12-/m1/s1. The van der Waals surface area contributed by atoms with E-state index in [-0.39, 0.29) is 12.0 Å². The van der Waals surface area contributed by atoms with Gasteiger partial charge in [0.15, 0.2) is 17.3 Å². The SMILES string of the molecule is CC(C)c1noc([C@@H](C)N(C)Cc2ccc3c(c2)OCCO3)n1. The summed E-state index contributed by atoms with van der Waals surface area (Å²) in [6.07, 6.45) is 0. The van der Waals surface area contributed by atoms with Crippen LogP contribution < -0.4 is 9.47 Å². The van der Waals surface area contributed by atoms with Crippen LogP contribution >= 0.6 is 0 Å². The van der Waals surface area contributed by atoms with Crippen molar-refractivity contribution in [3.63, 3.8) is 0 Å². The van der Waals surface area contributed by atoms with Crippen LogP contribution in [0.2, 0.25) is 0 Å². The van der Waals surface area contributed by atoms with E-state index in [1.807, 2.05) is 19.2 Å². The molecule has 2 aromatic rings. The van der Waals surface area contributed by atoms with Crippen LogP contribution in [0, 0.1) is 0 Å². The van der Waals surface area contributed by atoms with Gasteiger partial charge in [-0.05, 0) is 31.7 Å². The highest BCUT2D eigenvalue weighted by Gasteiger charge is 2.20. The molecule has 23 heavy (non-hydrogen) atoms. The maximum absolute atomic E-state index is 5.64. The zero-order valence-electron chi connectivity index (χ0n) is 14.1. The molecule has 0 spiro atoms. The molecule has 124 valence electrons. The van der Waals surface area contributed by atoms with Crippen LogP contribution in [0.15, 0.2) is 22.7 Å². The monoisotopic (exact) mass is 317 g/mol. The van der Waals surface area contributed by atoms with Gasteiger partial charge in [0.2, 0.25) is 5.89 Å². The summed E-state index contributed by atoms with van der Waals surface area (Å²) in [7, 11) is 2.04. The number of rotatable bonds is 5. The molecule has 0 fully saturated rings. The van der Waals surface area contributed by atoms with Gasteiger partial charge in [0.1, 0.15) is 13.2 Å². The molecule has 1 aromatic carbocycles. The third-order valence-electron chi connectivity index (χ3n) is 4.03. The molecule has 0 bridgehead atoms. The third kappa shape index (κ3) is 3.47. The highest BCUT2D eigenvalue weighted by molar-refractivity contribution is 5.43. The Kier molecular flexibility index (Phi) is 4.52. The molecule has 0 unspecified atom stereocenters. The van der Waals surface area contributed by atoms with Crippen molar-refractivity contribution in [3.8, 4) is 11.5 Å². The van der Waals surface area contributed by atoms with E-state index >= 15 is 0 Å². The highest BCUT2D eigenvalue weighted by Crippen LogP contribution is 2.31. The maximum atomic E-state index is 5.64. The van der Waals surface area contributed by atoms with Crippen molar-refractivity contribution in [1.82, 2.24) is 15.0 Å². The number of benzene rings is 1. The Morgan fingerprint density at radius 1 is 1.13 bits per heavy atom. The molecule has 0 N–H and O–H groups in total. The zero-order valence-corrected chi connectivity index (χ0v) is 14.1. The van der Waals surface area contributed by atoms with Crippen molar-refractivity contribution in [3.05, 3.63) is 35.5 Å². The quantitative estimate of drug-likeness (QED) is 0.844. The topological polar surface area (TPSA) is 60.6 Å². The second-order valence-electron chi connectivity index (χ2n) is 6.21. The van der Waals surface area contributed by atoms with E-state index in [4.69, 9.17) is 14.0 Å². The van der Waals surface area contributed by atoms with Crippen molar-refractivity contribution in [2.45, 2.75) is 39.3 Å². The van der Waals surface area contributed by atoms with E-state index in [0.29, 0.717) is 19.1 Å². The number of hydrogen-bond acceptors (Lipinski definition) is 6. The summed E-state index contributed by atoms with van der Waals surface area (Å²) in [5, 5.41) is 4.03. The first kappa shape index (κ1) is 15.8. The average molecular weight is 317 g/mol. The molecule has 6 heteroatoms. The summed E-state index contributed by atoms with van der Waals surface area (Å²) < 4.78 is 16.6. The lowest BCUT2D eigenvalue weighted by Gasteiger charge is -2.23. The van der Waals surface area contributed by atoms with Crippen LogP contribution in [-0.4, -0.2) is 35.3 Å². The highest BCUT2D eigenvalue weighted by atomic mass is 16.6. The largest absolute Gasteiger partial charge is 0.486 e. The summed E-state index contributed by atoms with van der Waals surface area (Å²) in [4.78, 5) is 6.65. The van der Waals surface area contributed by atoms with Gasteiger partial charge >= 0.3 is 0 Å². The molecule has 0 saturated heterocycles. The second kappa shape index (κ2) is 6.58. The normalized spacial score (nSPS) is 15.2. The molecule has 0 saturated carbocycles. The van der Waals surface area contributed by atoms with Gasteiger partial charge in [-0.3, -0.25) is 4.90 Å². The number of ether oxygens (including phenoxy) is 2. The van der Waals surface area contributed by atoms with Crippen molar-refractivity contribution in [2.24, 2.45) is 0 Å². The molecule has 0 amide bonds. The smallest absolute Gasteiger partial charge is 0.243 e. The minimum Gasteiger partial charge on any atom is -0.486 e. The maximum Gasteiger partial charge on any atom is 0.243 e. The summed E-state index contributed by atoms with van der Waals surface area (Å²) in [6.45, 7) is 8.14. The zero-order chi connectivity index (χ0) is 16.4. The summed E-state index contributed by atoms with van der Waals surface area (Å²) in [6, 6.07) is 6.10. The molecule has 1 atom stereocenters. The molecule has 3 rings (SSSR count). The van der Waals surface area contributed by atoms with Crippen molar-refractivity contribution in [2.75, 3.05) is 20.3 Å². The van der Waals surface area contributed by atoms with E-state index in [1.165, 1.54) is 0 Å². The summed E-state index contributed by atoms with van der Waals surface area (Å²) >= 11 is 0. The first-order valence-electron chi connectivity index (χ1n) is 7.97. The van der Waals surface area contributed by atoms with Crippen LogP contribution in [0.25, 0.3) is 0 Å². The first-order chi connectivity index (χ1) is 11.0. The van der Waals surface area contributed by atoms with Crippen LogP contribution in [0.4, 0.5) is 0 Å². The molecule has 0 radical (unpaired) electrons. The minimum atomic E-state index is 0.0446. The fraction of sp³-hybridized carbons (Fsp3) is 0.529. The second-order valence-corrected chi connectivity index (χ2v) is 6.21. The Hall–Kier alpha value is -2.08. The Balaban J connectivity index is 1.69. The predicted octanol–water partition coefficient (Wildman–Crippen LogP) is 3.16. The van der Waals surface area contributed by atoms with Crippen molar-refractivity contribution >= 4 is 0 Å². The first-order valence-corrected chi connectivity index (χ1v) is 7.97. The van der Waals surface area contributed by atoms with Gasteiger partial charge in [0.05, 0.1) is 6.04 Å².